The van der Waals surface area contributed by atoms with Gasteiger partial charge in [-0.2, -0.15) is 0 Å². The molecule has 1 unspecified atom stereocenters. The molecule has 0 bridgehead atoms. The Hall–Kier alpha value is -1.79. The molecule has 2 fully saturated rings. The van der Waals surface area contributed by atoms with Crippen LogP contribution in [0.3, 0.4) is 0 Å². The minimum atomic E-state index is -1.01. The summed E-state index contributed by atoms with van der Waals surface area (Å²) in [5, 5.41) is 9.68. The molecule has 1 aliphatic heterocycles. The number of hydrogen-bond acceptors (Lipinski definition) is 3. The summed E-state index contributed by atoms with van der Waals surface area (Å²) >= 11 is 0. The van der Waals surface area contributed by atoms with Crippen LogP contribution in [0.15, 0.2) is 0 Å². The maximum Gasteiger partial charge on any atom is 0.326 e. The first-order valence-electron chi connectivity index (χ1n) is 10.3. The van der Waals surface area contributed by atoms with E-state index in [0.717, 1.165) is 25.7 Å². The Labute approximate surface area is 169 Å². The lowest BCUT2D eigenvalue weighted by Crippen LogP contribution is -2.54. The van der Waals surface area contributed by atoms with E-state index in [1.54, 1.807) is 14.1 Å². The van der Waals surface area contributed by atoms with E-state index in [1.807, 2.05) is 25.7 Å². The number of hydrogen-bond donors (Lipinski definition) is 1. The Morgan fingerprint density at radius 2 is 1.57 bits per heavy atom. The number of aliphatic carboxylic acids is 1. The van der Waals surface area contributed by atoms with E-state index in [9.17, 15) is 19.5 Å². The van der Waals surface area contributed by atoms with Crippen LogP contribution in [0, 0.1) is 10.8 Å². The number of carboxylic acids is 1. The maximum absolute atomic E-state index is 13.4. The van der Waals surface area contributed by atoms with Crippen molar-refractivity contribution in [3.63, 3.8) is 0 Å². The van der Waals surface area contributed by atoms with Gasteiger partial charge in [0.15, 0.2) is 0 Å². The van der Waals surface area contributed by atoms with Gasteiger partial charge in [0.2, 0.25) is 5.91 Å². The highest BCUT2D eigenvalue weighted by Gasteiger charge is 2.47. The SMILES string of the molecule is CN(C)C(=O)N1CC(N(C(=O)C(C)(C)C)C2CCC(C)(C)CC2)C[C@H]1C(=O)O. The van der Waals surface area contributed by atoms with E-state index in [4.69, 9.17) is 0 Å². The van der Waals surface area contributed by atoms with E-state index in [-0.39, 0.29) is 42.4 Å². The minimum Gasteiger partial charge on any atom is -0.480 e. The molecular formula is C21H37N3O4. The lowest BCUT2D eigenvalue weighted by Gasteiger charge is -2.45. The van der Waals surface area contributed by atoms with E-state index in [1.165, 1.54) is 9.80 Å². The van der Waals surface area contributed by atoms with E-state index < -0.39 is 17.4 Å². The van der Waals surface area contributed by atoms with Crippen LogP contribution < -0.4 is 0 Å². The molecule has 7 heteroatoms. The number of likely N-dealkylation sites (tertiary alicyclic amines) is 1. The van der Waals surface area contributed by atoms with Crippen LogP contribution in [0.2, 0.25) is 0 Å². The predicted octanol–water partition coefficient (Wildman–Crippen LogP) is 3.04. The number of carbonyl (C=O) groups excluding carboxylic acids is 2. The van der Waals surface area contributed by atoms with Crippen LogP contribution in [-0.2, 0) is 9.59 Å². The van der Waals surface area contributed by atoms with Crippen LogP contribution >= 0.6 is 0 Å². The third kappa shape index (κ3) is 4.78. The molecule has 1 saturated carbocycles. The second-order valence-corrected chi connectivity index (χ2v) is 10.4. The van der Waals surface area contributed by atoms with Crippen LogP contribution in [0.1, 0.15) is 66.7 Å². The van der Waals surface area contributed by atoms with Gasteiger partial charge in [-0.15, -0.1) is 0 Å². The molecule has 0 aromatic rings. The fourth-order valence-electron chi connectivity index (χ4n) is 4.40. The Morgan fingerprint density at radius 1 is 1.04 bits per heavy atom. The van der Waals surface area contributed by atoms with Crippen molar-refractivity contribution in [3.05, 3.63) is 0 Å². The number of carboxylic acid groups (broad SMARTS) is 1. The summed E-state index contributed by atoms with van der Waals surface area (Å²) in [6.45, 7) is 10.5. The fraction of sp³-hybridized carbons (Fsp3) is 0.857. The second-order valence-electron chi connectivity index (χ2n) is 10.4. The highest BCUT2D eigenvalue weighted by Crippen LogP contribution is 2.40. The number of urea groups is 1. The number of carbonyl (C=O) groups is 3. The van der Waals surface area contributed by atoms with Crippen molar-refractivity contribution in [2.24, 2.45) is 10.8 Å². The van der Waals surface area contributed by atoms with Gasteiger partial charge >= 0.3 is 12.0 Å². The Kier molecular flexibility index (Phi) is 6.36. The van der Waals surface area contributed by atoms with Crippen molar-refractivity contribution in [2.45, 2.75) is 84.8 Å². The Bertz CT molecular complexity index is 614. The molecular weight excluding hydrogens is 358 g/mol. The zero-order chi connectivity index (χ0) is 21.4. The number of amides is 3. The van der Waals surface area contributed by atoms with Crippen molar-refractivity contribution >= 4 is 17.9 Å². The molecule has 0 aromatic heterocycles. The molecule has 1 N–H and O–H groups in total. The molecule has 3 amide bonds. The summed E-state index contributed by atoms with van der Waals surface area (Å²) in [6, 6.07) is -1.37. The molecule has 160 valence electrons. The van der Waals surface area contributed by atoms with Crippen LogP contribution in [0.4, 0.5) is 4.79 Å². The number of nitrogens with zero attached hydrogens (tertiary/aromatic N) is 3. The first kappa shape index (κ1) is 22.5. The van der Waals surface area contributed by atoms with E-state index in [2.05, 4.69) is 13.8 Å². The lowest BCUT2D eigenvalue weighted by molar-refractivity contribution is -0.146. The summed E-state index contributed by atoms with van der Waals surface area (Å²) < 4.78 is 0. The molecule has 1 heterocycles. The van der Waals surface area contributed by atoms with Crippen molar-refractivity contribution < 1.29 is 19.5 Å². The largest absolute Gasteiger partial charge is 0.480 e. The average Bonchev–Trinajstić information content (AvgIpc) is 2.99. The molecule has 2 rings (SSSR count). The third-order valence-corrected chi connectivity index (χ3v) is 6.16. The predicted molar refractivity (Wildman–Crippen MR) is 108 cm³/mol. The molecule has 0 spiro atoms. The Morgan fingerprint density at radius 3 is 2.00 bits per heavy atom. The van der Waals surface area contributed by atoms with Crippen LogP contribution in [-0.4, -0.2) is 76.5 Å². The first-order chi connectivity index (χ1) is 12.7. The second kappa shape index (κ2) is 7.91. The fourth-order valence-corrected chi connectivity index (χ4v) is 4.40. The standard InChI is InChI=1S/C21H37N3O4/c1-20(2,3)18(27)24(14-8-10-21(4,5)11-9-14)15-12-16(17(25)26)23(13-15)19(28)22(6)7/h14-16H,8-13H2,1-7H3,(H,25,26)/t15?,16-/m0/s1. The number of rotatable bonds is 3. The van der Waals surface area contributed by atoms with Gasteiger partial charge in [-0.3, -0.25) is 4.79 Å². The molecule has 7 nitrogen and oxygen atoms in total. The van der Waals surface area contributed by atoms with Gasteiger partial charge in [-0.1, -0.05) is 34.6 Å². The maximum atomic E-state index is 13.4. The van der Waals surface area contributed by atoms with Gasteiger partial charge in [0, 0.05) is 38.5 Å². The van der Waals surface area contributed by atoms with Gasteiger partial charge in [0.25, 0.3) is 0 Å². The van der Waals surface area contributed by atoms with E-state index in [0.29, 0.717) is 0 Å². The zero-order valence-electron chi connectivity index (χ0n) is 18.5. The summed E-state index contributed by atoms with van der Waals surface area (Å²) in [5.41, 5.74) is -0.274. The summed E-state index contributed by atoms with van der Waals surface area (Å²) in [5.74, 6) is -0.962. The minimum absolute atomic E-state index is 0.0468. The molecule has 28 heavy (non-hydrogen) atoms. The van der Waals surface area contributed by atoms with Crippen molar-refractivity contribution in [3.8, 4) is 0 Å². The highest BCUT2D eigenvalue weighted by atomic mass is 16.4. The average molecular weight is 396 g/mol. The van der Waals surface area contributed by atoms with Crippen LogP contribution in [0.5, 0.6) is 0 Å². The molecule has 0 aromatic carbocycles. The van der Waals surface area contributed by atoms with Gasteiger partial charge in [-0.05, 0) is 31.1 Å². The van der Waals surface area contributed by atoms with Crippen LogP contribution in [0.25, 0.3) is 0 Å². The highest BCUT2D eigenvalue weighted by molar-refractivity contribution is 5.85. The van der Waals surface area contributed by atoms with Gasteiger partial charge in [0.05, 0.1) is 6.04 Å². The van der Waals surface area contributed by atoms with E-state index >= 15 is 0 Å². The quantitative estimate of drug-likeness (QED) is 0.796. The summed E-state index contributed by atoms with van der Waals surface area (Å²) in [4.78, 5) is 42.5. The van der Waals surface area contributed by atoms with Crippen molar-refractivity contribution in [1.29, 1.82) is 0 Å². The zero-order valence-corrected chi connectivity index (χ0v) is 18.5. The Balaban J connectivity index is 2.31. The summed E-state index contributed by atoms with van der Waals surface area (Å²) in [7, 11) is 3.24. The molecule has 0 radical (unpaired) electrons. The van der Waals surface area contributed by atoms with Gasteiger partial charge in [-0.25, -0.2) is 9.59 Å². The monoisotopic (exact) mass is 395 g/mol. The normalized spacial score (nSPS) is 25.5. The summed E-state index contributed by atoms with van der Waals surface area (Å²) in [6.07, 6.45) is 4.22. The lowest BCUT2D eigenvalue weighted by atomic mass is 9.74. The molecule has 1 saturated heterocycles. The van der Waals surface area contributed by atoms with Gasteiger partial charge in [0.1, 0.15) is 6.04 Å². The van der Waals surface area contributed by atoms with Crippen molar-refractivity contribution in [1.82, 2.24) is 14.7 Å². The smallest absolute Gasteiger partial charge is 0.326 e. The molecule has 2 aliphatic rings. The first-order valence-corrected chi connectivity index (χ1v) is 10.3. The molecule has 1 aliphatic carbocycles. The third-order valence-electron chi connectivity index (χ3n) is 6.16. The molecule has 2 atom stereocenters. The van der Waals surface area contributed by atoms with Crippen molar-refractivity contribution in [2.75, 3.05) is 20.6 Å². The topological polar surface area (TPSA) is 81.2 Å². The van der Waals surface area contributed by atoms with Gasteiger partial charge < -0.3 is 19.8 Å².